The molecule has 0 aliphatic carbocycles. The summed E-state index contributed by atoms with van der Waals surface area (Å²) in [5.74, 6) is 0.624. The first-order chi connectivity index (χ1) is 12.9. The first-order valence-electron chi connectivity index (χ1n) is 9.50. The standard InChI is InChI=1S/C19H32N4O3S/c1-5-17-8-6-7-9-18(17)12-22-19(20-4)21-10-11-27(24,25)23-13-15(2)26-16(3)14-23/h6-9,15-16H,5,10-14H2,1-4H3,(H2,20,21,22). The van der Waals surface area contributed by atoms with Gasteiger partial charge in [0, 0.05) is 33.2 Å². The van der Waals surface area contributed by atoms with Crippen molar-refractivity contribution in [2.45, 2.75) is 45.9 Å². The number of guanidine groups is 1. The van der Waals surface area contributed by atoms with Crippen LogP contribution in [-0.2, 0) is 27.7 Å². The van der Waals surface area contributed by atoms with Crippen LogP contribution in [0, 0.1) is 0 Å². The van der Waals surface area contributed by atoms with E-state index < -0.39 is 10.0 Å². The molecular formula is C19H32N4O3S. The first kappa shape index (κ1) is 21.7. The molecule has 0 radical (unpaired) electrons. The Labute approximate surface area is 163 Å². The van der Waals surface area contributed by atoms with E-state index >= 15 is 0 Å². The Morgan fingerprint density at radius 1 is 1.19 bits per heavy atom. The lowest BCUT2D eigenvalue weighted by Gasteiger charge is -2.34. The van der Waals surface area contributed by atoms with Crippen molar-refractivity contribution in [2.75, 3.05) is 32.4 Å². The highest BCUT2D eigenvalue weighted by Gasteiger charge is 2.30. The molecule has 8 heteroatoms. The van der Waals surface area contributed by atoms with Gasteiger partial charge in [0.15, 0.2) is 5.96 Å². The Hall–Kier alpha value is -1.64. The van der Waals surface area contributed by atoms with Crippen molar-refractivity contribution in [3.63, 3.8) is 0 Å². The average molecular weight is 397 g/mol. The number of sulfonamides is 1. The molecule has 7 nitrogen and oxygen atoms in total. The van der Waals surface area contributed by atoms with Gasteiger partial charge in [-0.2, -0.15) is 4.31 Å². The fourth-order valence-corrected chi connectivity index (χ4v) is 4.75. The van der Waals surface area contributed by atoms with Gasteiger partial charge in [0.2, 0.25) is 10.0 Å². The molecule has 2 unspecified atom stereocenters. The maximum atomic E-state index is 12.6. The average Bonchev–Trinajstić information content (AvgIpc) is 2.63. The molecule has 1 aliphatic rings. The summed E-state index contributed by atoms with van der Waals surface area (Å²) in [4.78, 5) is 4.18. The molecule has 0 aromatic heterocycles. The second-order valence-electron chi connectivity index (χ2n) is 6.87. The Bertz CT molecular complexity index is 726. The molecule has 2 rings (SSSR count). The van der Waals surface area contributed by atoms with Gasteiger partial charge in [-0.25, -0.2) is 8.42 Å². The maximum Gasteiger partial charge on any atom is 0.216 e. The number of hydrogen-bond donors (Lipinski definition) is 2. The van der Waals surface area contributed by atoms with Crippen LogP contribution in [-0.4, -0.2) is 63.3 Å². The summed E-state index contributed by atoms with van der Waals surface area (Å²) in [6, 6.07) is 8.26. The van der Waals surface area contributed by atoms with Crippen molar-refractivity contribution < 1.29 is 13.2 Å². The minimum Gasteiger partial charge on any atom is -0.373 e. The second-order valence-corrected chi connectivity index (χ2v) is 8.95. The summed E-state index contributed by atoms with van der Waals surface area (Å²) < 4.78 is 32.3. The molecule has 1 heterocycles. The second kappa shape index (κ2) is 10.1. The van der Waals surface area contributed by atoms with Crippen molar-refractivity contribution in [3.8, 4) is 0 Å². The fourth-order valence-electron chi connectivity index (χ4n) is 3.26. The minimum absolute atomic E-state index is 0.0265. The van der Waals surface area contributed by atoms with Crippen LogP contribution in [0.5, 0.6) is 0 Å². The number of rotatable bonds is 7. The largest absolute Gasteiger partial charge is 0.373 e. The van der Waals surface area contributed by atoms with E-state index in [0.717, 1.165) is 6.42 Å². The number of nitrogens with zero attached hydrogens (tertiary/aromatic N) is 2. The van der Waals surface area contributed by atoms with Crippen molar-refractivity contribution in [1.82, 2.24) is 14.9 Å². The van der Waals surface area contributed by atoms with Gasteiger partial charge >= 0.3 is 0 Å². The van der Waals surface area contributed by atoms with Gasteiger partial charge in [0.1, 0.15) is 0 Å². The van der Waals surface area contributed by atoms with Crippen LogP contribution < -0.4 is 10.6 Å². The highest BCUT2D eigenvalue weighted by molar-refractivity contribution is 7.89. The third-order valence-electron chi connectivity index (χ3n) is 4.60. The van der Waals surface area contributed by atoms with Gasteiger partial charge in [-0.05, 0) is 31.4 Å². The predicted octanol–water partition coefficient (Wildman–Crippen LogP) is 1.35. The summed E-state index contributed by atoms with van der Waals surface area (Å²) in [5, 5.41) is 6.35. The summed E-state index contributed by atoms with van der Waals surface area (Å²) in [6.45, 7) is 7.70. The van der Waals surface area contributed by atoms with Crippen molar-refractivity contribution in [2.24, 2.45) is 4.99 Å². The van der Waals surface area contributed by atoms with Gasteiger partial charge in [0.25, 0.3) is 0 Å². The Morgan fingerprint density at radius 3 is 2.41 bits per heavy atom. The number of ether oxygens (including phenoxy) is 1. The Morgan fingerprint density at radius 2 is 1.81 bits per heavy atom. The van der Waals surface area contributed by atoms with Crippen LogP contribution in [0.1, 0.15) is 31.9 Å². The number of benzene rings is 1. The molecule has 1 fully saturated rings. The van der Waals surface area contributed by atoms with Crippen LogP contribution in [0.25, 0.3) is 0 Å². The zero-order valence-electron chi connectivity index (χ0n) is 16.7. The predicted molar refractivity (Wildman–Crippen MR) is 109 cm³/mol. The van der Waals surface area contributed by atoms with E-state index in [2.05, 4.69) is 34.7 Å². The molecular weight excluding hydrogens is 364 g/mol. The van der Waals surface area contributed by atoms with Crippen LogP contribution in [0.15, 0.2) is 29.3 Å². The Balaban J connectivity index is 1.83. The molecule has 0 spiro atoms. The zero-order valence-corrected chi connectivity index (χ0v) is 17.6. The summed E-state index contributed by atoms with van der Waals surface area (Å²) >= 11 is 0. The number of hydrogen-bond acceptors (Lipinski definition) is 4. The molecule has 1 aliphatic heterocycles. The molecule has 27 heavy (non-hydrogen) atoms. The molecule has 1 aromatic rings. The molecule has 2 N–H and O–H groups in total. The van der Waals surface area contributed by atoms with Crippen LogP contribution in [0.3, 0.4) is 0 Å². The summed E-state index contributed by atoms with van der Waals surface area (Å²) in [7, 11) is -1.64. The lowest BCUT2D eigenvalue weighted by molar-refractivity contribution is -0.0440. The van der Waals surface area contributed by atoms with Crippen LogP contribution in [0.4, 0.5) is 0 Å². The van der Waals surface area contributed by atoms with Crippen molar-refractivity contribution in [1.29, 1.82) is 0 Å². The highest BCUT2D eigenvalue weighted by Crippen LogP contribution is 2.14. The van der Waals surface area contributed by atoms with E-state index in [1.807, 2.05) is 26.0 Å². The topological polar surface area (TPSA) is 83.0 Å². The number of morpholine rings is 1. The zero-order chi connectivity index (χ0) is 19.9. The Kier molecular flexibility index (Phi) is 8.07. The first-order valence-corrected chi connectivity index (χ1v) is 11.1. The smallest absolute Gasteiger partial charge is 0.216 e. The summed E-state index contributed by atoms with van der Waals surface area (Å²) in [5.41, 5.74) is 2.51. The van der Waals surface area contributed by atoms with Gasteiger partial charge in [-0.1, -0.05) is 31.2 Å². The molecule has 0 saturated carbocycles. The van der Waals surface area contributed by atoms with Crippen molar-refractivity contribution in [3.05, 3.63) is 35.4 Å². The van der Waals surface area contributed by atoms with Gasteiger partial charge < -0.3 is 15.4 Å². The SMILES string of the molecule is CCc1ccccc1CNC(=NC)NCCS(=O)(=O)N1CC(C)OC(C)C1. The van der Waals surface area contributed by atoms with Crippen molar-refractivity contribution >= 4 is 16.0 Å². The maximum absolute atomic E-state index is 12.6. The van der Waals surface area contributed by atoms with E-state index in [4.69, 9.17) is 4.74 Å². The quantitative estimate of drug-likeness (QED) is 0.537. The fraction of sp³-hybridized carbons (Fsp3) is 0.632. The van der Waals surface area contributed by atoms with E-state index in [0.29, 0.717) is 32.1 Å². The van der Waals surface area contributed by atoms with E-state index in [9.17, 15) is 8.42 Å². The molecule has 152 valence electrons. The van der Waals surface area contributed by atoms with E-state index in [1.165, 1.54) is 15.4 Å². The molecule has 2 atom stereocenters. The van der Waals surface area contributed by atoms with Gasteiger partial charge in [0.05, 0.1) is 18.0 Å². The lowest BCUT2D eigenvalue weighted by Crippen LogP contribution is -2.50. The molecule has 1 aromatic carbocycles. The monoisotopic (exact) mass is 396 g/mol. The lowest BCUT2D eigenvalue weighted by atomic mass is 10.1. The number of aryl methyl sites for hydroxylation is 1. The highest BCUT2D eigenvalue weighted by atomic mass is 32.2. The number of nitrogens with one attached hydrogen (secondary N) is 2. The molecule has 1 saturated heterocycles. The third-order valence-corrected chi connectivity index (χ3v) is 6.41. The third kappa shape index (κ3) is 6.48. The number of aliphatic imine (C=N–C) groups is 1. The molecule has 0 bridgehead atoms. The van der Waals surface area contributed by atoms with Crippen LogP contribution in [0.2, 0.25) is 0 Å². The molecule has 0 amide bonds. The van der Waals surface area contributed by atoms with Crippen LogP contribution >= 0.6 is 0 Å². The van der Waals surface area contributed by atoms with Gasteiger partial charge in [-0.15, -0.1) is 0 Å². The minimum atomic E-state index is -3.32. The van der Waals surface area contributed by atoms with Gasteiger partial charge in [-0.3, -0.25) is 4.99 Å². The normalized spacial score (nSPS) is 21.9. The van der Waals surface area contributed by atoms with E-state index in [-0.39, 0.29) is 18.0 Å². The van der Waals surface area contributed by atoms with E-state index in [1.54, 1.807) is 7.05 Å². The summed E-state index contributed by atoms with van der Waals surface area (Å²) in [6.07, 6.45) is 0.813.